The first-order valence-electron chi connectivity index (χ1n) is 4.25. The minimum atomic E-state index is -0.373. The molecule has 4 nitrogen and oxygen atoms in total. The van der Waals surface area contributed by atoms with Gasteiger partial charge in [0.2, 0.25) is 0 Å². The summed E-state index contributed by atoms with van der Waals surface area (Å²) >= 11 is 0. The van der Waals surface area contributed by atoms with Crippen molar-refractivity contribution < 1.29 is 9.53 Å². The third-order valence-corrected chi connectivity index (χ3v) is 2.16. The smallest absolute Gasteiger partial charge is 0.354 e. The molecule has 0 spiro atoms. The Labute approximate surface area is 80.9 Å². The Hall–Kier alpha value is -1.84. The van der Waals surface area contributed by atoms with Crippen LogP contribution in [0.4, 0.5) is 0 Å². The van der Waals surface area contributed by atoms with E-state index in [1.54, 1.807) is 12.3 Å². The monoisotopic (exact) mass is 190 g/mol. The van der Waals surface area contributed by atoms with E-state index >= 15 is 0 Å². The Bertz CT molecular complexity index is 488. The summed E-state index contributed by atoms with van der Waals surface area (Å²) in [6.45, 7) is 1.97. The third-order valence-electron chi connectivity index (χ3n) is 2.16. The molecule has 0 aliphatic carbocycles. The van der Waals surface area contributed by atoms with Crippen molar-refractivity contribution in [2.24, 2.45) is 0 Å². The molecular weight excluding hydrogens is 180 g/mol. The number of ether oxygens (including phenoxy) is 1. The molecule has 2 aromatic heterocycles. The lowest BCUT2D eigenvalue weighted by Crippen LogP contribution is -2.00. The quantitative estimate of drug-likeness (QED) is 0.696. The number of hydrogen-bond donors (Lipinski definition) is 1. The number of nitrogens with one attached hydrogen (secondary N) is 1. The number of hydrogen-bond acceptors (Lipinski definition) is 3. The summed E-state index contributed by atoms with van der Waals surface area (Å²) < 4.78 is 4.61. The van der Waals surface area contributed by atoms with Crippen molar-refractivity contribution in [2.75, 3.05) is 7.11 Å². The zero-order chi connectivity index (χ0) is 10.1. The van der Waals surface area contributed by atoms with Crippen LogP contribution >= 0.6 is 0 Å². The van der Waals surface area contributed by atoms with Gasteiger partial charge in [-0.2, -0.15) is 0 Å². The van der Waals surface area contributed by atoms with Crippen LogP contribution in [-0.2, 0) is 4.74 Å². The maximum absolute atomic E-state index is 11.2. The number of aryl methyl sites for hydroxylation is 1. The molecule has 72 valence electrons. The summed E-state index contributed by atoms with van der Waals surface area (Å²) in [4.78, 5) is 18.2. The molecule has 0 aromatic carbocycles. The molecule has 0 aliphatic heterocycles. The fourth-order valence-electron chi connectivity index (χ4n) is 1.38. The van der Waals surface area contributed by atoms with Gasteiger partial charge in [0.05, 0.1) is 7.11 Å². The number of carbonyl (C=O) groups is 1. The molecule has 0 unspecified atom stereocenters. The number of rotatable bonds is 1. The molecule has 0 atom stereocenters. The van der Waals surface area contributed by atoms with E-state index in [0.717, 1.165) is 10.9 Å². The van der Waals surface area contributed by atoms with Crippen LogP contribution in [0.3, 0.4) is 0 Å². The van der Waals surface area contributed by atoms with Crippen molar-refractivity contribution in [1.29, 1.82) is 0 Å². The molecular formula is C10H10N2O2. The highest BCUT2D eigenvalue weighted by molar-refractivity contribution is 5.94. The van der Waals surface area contributed by atoms with Gasteiger partial charge in [-0.3, -0.25) is 0 Å². The molecule has 2 heterocycles. The van der Waals surface area contributed by atoms with Gasteiger partial charge in [-0.1, -0.05) is 0 Å². The second-order valence-corrected chi connectivity index (χ2v) is 3.06. The number of fused-ring (bicyclic) bond motifs is 1. The second-order valence-electron chi connectivity index (χ2n) is 3.06. The molecule has 0 aliphatic rings. The van der Waals surface area contributed by atoms with E-state index in [2.05, 4.69) is 14.7 Å². The van der Waals surface area contributed by atoms with Crippen molar-refractivity contribution in [3.63, 3.8) is 0 Å². The lowest BCUT2D eigenvalue weighted by atomic mass is 10.2. The van der Waals surface area contributed by atoms with Crippen LogP contribution < -0.4 is 0 Å². The molecule has 0 radical (unpaired) electrons. The fourth-order valence-corrected chi connectivity index (χ4v) is 1.38. The molecule has 4 heteroatoms. The molecule has 0 bridgehead atoms. The average Bonchev–Trinajstić information content (AvgIpc) is 2.62. The minimum Gasteiger partial charge on any atom is -0.464 e. The van der Waals surface area contributed by atoms with Gasteiger partial charge < -0.3 is 9.72 Å². The van der Waals surface area contributed by atoms with E-state index < -0.39 is 0 Å². The van der Waals surface area contributed by atoms with Crippen LogP contribution in [-0.4, -0.2) is 23.0 Å². The zero-order valence-corrected chi connectivity index (χ0v) is 8.00. The fraction of sp³-hybridized carbons (Fsp3) is 0.200. The highest BCUT2D eigenvalue weighted by Gasteiger charge is 2.10. The van der Waals surface area contributed by atoms with Gasteiger partial charge in [-0.15, -0.1) is 0 Å². The van der Waals surface area contributed by atoms with E-state index in [1.807, 2.05) is 13.0 Å². The molecule has 2 rings (SSSR count). The van der Waals surface area contributed by atoms with Crippen LogP contribution in [0.1, 0.15) is 16.1 Å². The van der Waals surface area contributed by atoms with E-state index in [0.29, 0.717) is 11.3 Å². The summed E-state index contributed by atoms with van der Waals surface area (Å²) in [7, 11) is 1.36. The zero-order valence-electron chi connectivity index (χ0n) is 8.00. The van der Waals surface area contributed by atoms with Gasteiger partial charge in [-0.25, -0.2) is 9.78 Å². The Balaban J connectivity index is 2.62. The Morgan fingerprint density at radius 3 is 3.00 bits per heavy atom. The van der Waals surface area contributed by atoms with Crippen LogP contribution in [0.15, 0.2) is 18.3 Å². The summed E-state index contributed by atoms with van der Waals surface area (Å²) in [6.07, 6.45) is 1.70. The maximum Gasteiger partial charge on any atom is 0.354 e. The first-order valence-corrected chi connectivity index (χ1v) is 4.25. The standard InChI is InChI=1S/C10H10N2O2/c1-6-3-4-11-9-7(6)5-8(12-9)10(13)14-2/h3-5H,1-2H3,(H,11,12). The number of aromatic amines is 1. The summed E-state index contributed by atoms with van der Waals surface area (Å²) in [6, 6.07) is 3.65. The Morgan fingerprint density at radius 1 is 1.57 bits per heavy atom. The lowest BCUT2D eigenvalue weighted by Gasteiger charge is -1.91. The molecule has 2 aromatic rings. The van der Waals surface area contributed by atoms with Crippen LogP contribution in [0, 0.1) is 6.92 Å². The van der Waals surface area contributed by atoms with E-state index in [4.69, 9.17) is 0 Å². The van der Waals surface area contributed by atoms with E-state index in [1.165, 1.54) is 7.11 Å². The lowest BCUT2D eigenvalue weighted by molar-refractivity contribution is 0.0595. The Kier molecular flexibility index (Phi) is 1.96. The normalized spacial score (nSPS) is 10.4. The van der Waals surface area contributed by atoms with Crippen LogP contribution in [0.25, 0.3) is 11.0 Å². The van der Waals surface area contributed by atoms with Crippen molar-refractivity contribution in [1.82, 2.24) is 9.97 Å². The van der Waals surface area contributed by atoms with Gasteiger partial charge in [-0.05, 0) is 24.6 Å². The van der Waals surface area contributed by atoms with Crippen LogP contribution in [0.5, 0.6) is 0 Å². The average molecular weight is 190 g/mol. The van der Waals surface area contributed by atoms with Gasteiger partial charge >= 0.3 is 5.97 Å². The molecule has 0 amide bonds. The number of nitrogens with zero attached hydrogens (tertiary/aromatic N) is 1. The molecule has 0 fully saturated rings. The number of aromatic nitrogens is 2. The van der Waals surface area contributed by atoms with E-state index in [9.17, 15) is 4.79 Å². The molecule has 14 heavy (non-hydrogen) atoms. The van der Waals surface area contributed by atoms with Crippen molar-refractivity contribution >= 4 is 17.0 Å². The first-order chi connectivity index (χ1) is 6.72. The Morgan fingerprint density at radius 2 is 2.36 bits per heavy atom. The van der Waals surface area contributed by atoms with Gasteiger partial charge in [0.1, 0.15) is 11.3 Å². The van der Waals surface area contributed by atoms with Gasteiger partial charge in [0.25, 0.3) is 0 Å². The third kappa shape index (κ3) is 1.25. The van der Waals surface area contributed by atoms with E-state index in [-0.39, 0.29) is 5.97 Å². The summed E-state index contributed by atoms with van der Waals surface area (Å²) in [5.41, 5.74) is 2.23. The number of carbonyl (C=O) groups excluding carboxylic acids is 1. The highest BCUT2D eigenvalue weighted by atomic mass is 16.5. The van der Waals surface area contributed by atoms with Crippen molar-refractivity contribution in [3.8, 4) is 0 Å². The number of pyridine rings is 1. The number of esters is 1. The topological polar surface area (TPSA) is 55.0 Å². The van der Waals surface area contributed by atoms with Crippen LogP contribution in [0.2, 0.25) is 0 Å². The number of H-pyrrole nitrogens is 1. The number of methoxy groups -OCH3 is 1. The van der Waals surface area contributed by atoms with Gasteiger partial charge in [0, 0.05) is 11.6 Å². The van der Waals surface area contributed by atoms with Crippen molar-refractivity contribution in [3.05, 3.63) is 29.6 Å². The predicted octanol–water partition coefficient (Wildman–Crippen LogP) is 1.66. The first kappa shape index (κ1) is 8.74. The molecule has 1 N–H and O–H groups in total. The largest absolute Gasteiger partial charge is 0.464 e. The maximum atomic E-state index is 11.2. The summed E-state index contributed by atoms with van der Waals surface area (Å²) in [5, 5.41) is 0.952. The highest BCUT2D eigenvalue weighted by Crippen LogP contribution is 2.17. The molecule has 0 saturated heterocycles. The summed E-state index contributed by atoms with van der Waals surface area (Å²) in [5.74, 6) is -0.373. The minimum absolute atomic E-state index is 0.373. The second kappa shape index (κ2) is 3.14. The SMILES string of the molecule is COC(=O)c1cc2c(C)ccnc2[nH]1. The van der Waals surface area contributed by atoms with Gasteiger partial charge in [0.15, 0.2) is 0 Å². The molecule has 0 saturated carbocycles. The predicted molar refractivity (Wildman–Crippen MR) is 52.2 cm³/mol. The van der Waals surface area contributed by atoms with Crippen molar-refractivity contribution in [2.45, 2.75) is 6.92 Å².